The number of hydrogen-bond acceptors (Lipinski definition) is 6. The molecule has 5 rings (SSSR count). The van der Waals surface area contributed by atoms with Crippen LogP contribution in [0.1, 0.15) is 12.1 Å². The average Bonchev–Trinajstić information content (AvgIpc) is 3.46. The molecule has 0 radical (unpaired) electrons. The summed E-state index contributed by atoms with van der Waals surface area (Å²) in [6.07, 6.45) is 1.75. The number of aromatic nitrogens is 2. The summed E-state index contributed by atoms with van der Waals surface area (Å²) in [5.41, 5.74) is 2.05. The minimum Gasteiger partial charge on any atom is -0.497 e. The van der Waals surface area contributed by atoms with Crippen LogP contribution in [-0.4, -0.2) is 35.4 Å². The van der Waals surface area contributed by atoms with Gasteiger partial charge in [0.1, 0.15) is 11.6 Å². The summed E-state index contributed by atoms with van der Waals surface area (Å²) in [6.45, 7) is 0.457. The first-order valence-electron chi connectivity index (χ1n) is 10.7. The van der Waals surface area contributed by atoms with Crippen LogP contribution >= 0.6 is 11.3 Å². The molecule has 1 fully saturated rings. The topological polar surface area (TPSA) is 75.6 Å². The molecule has 34 heavy (non-hydrogen) atoms. The van der Waals surface area contributed by atoms with Gasteiger partial charge in [0.05, 0.1) is 35.5 Å². The van der Waals surface area contributed by atoms with Gasteiger partial charge in [-0.15, -0.1) is 0 Å². The number of halogens is 1. The molecule has 1 atom stereocenters. The SMILES string of the molecule is COc1ccc2nc(N(Cc3ccccn3)C(=O)C3CC(=O)N(c4ccc(F)cc4)C3)sc2c1. The normalized spacial score (nSPS) is 15.6. The molecular weight excluding hydrogens is 455 g/mol. The quantitative estimate of drug-likeness (QED) is 0.412. The van der Waals surface area contributed by atoms with E-state index in [1.54, 1.807) is 30.3 Å². The summed E-state index contributed by atoms with van der Waals surface area (Å²) in [5, 5.41) is 0.534. The van der Waals surface area contributed by atoms with Crippen molar-refractivity contribution < 1.29 is 18.7 Å². The summed E-state index contributed by atoms with van der Waals surface area (Å²) in [5.74, 6) is -0.590. The second kappa shape index (κ2) is 9.18. The van der Waals surface area contributed by atoms with Gasteiger partial charge in [-0.25, -0.2) is 9.37 Å². The van der Waals surface area contributed by atoms with Crippen molar-refractivity contribution in [2.45, 2.75) is 13.0 Å². The number of rotatable bonds is 6. The van der Waals surface area contributed by atoms with Crippen LogP contribution in [0.15, 0.2) is 66.9 Å². The first-order valence-corrected chi connectivity index (χ1v) is 11.6. The molecule has 9 heteroatoms. The molecule has 1 unspecified atom stereocenters. The average molecular weight is 477 g/mol. The number of amides is 2. The lowest BCUT2D eigenvalue weighted by Gasteiger charge is -2.23. The Bertz CT molecular complexity index is 1340. The highest BCUT2D eigenvalue weighted by atomic mass is 32.1. The zero-order valence-corrected chi connectivity index (χ0v) is 19.2. The highest BCUT2D eigenvalue weighted by molar-refractivity contribution is 7.22. The van der Waals surface area contributed by atoms with E-state index in [0.29, 0.717) is 22.3 Å². The molecule has 1 aliphatic heterocycles. The van der Waals surface area contributed by atoms with Crippen molar-refractivity contribution in [2.75, 3.05) is 23.5 Å². The van der Waals surface area contributed by atoms with Crippen LogP contribution in [0.25, 0.3) is 10.2 Å². The number of ether oxygens (including phenoxy) is 1. The second-order valence-electron chi connectivity index (χ2n) is 7.96. The van der Waals surface area contributed by atoms with Gasteiger partial charge in [-0.05, 0) is 54.6 Å². The van der Waals surface area contributed by atoms with E-state index in [-0.39, 0.29) is 37.1 Å². The number of thiazole rings is 1. The highest BCUT2D eigenvalue weighted by Gasteiger charge is 2.38. The lowest BCUT2D eigenvalue weighted by molar-refractivity contribution is -0.124. The van der Waals surface area contributed by atoms with Gasteiger partial charge >= 0.3 is 0 Å². The maximum absolute atomic E-state index is 13.7. The third kappa shape index (κ3) is 4.34. The number of carbonyl (C=O) groups is 2. The summed E-state index contributed by atoms with van der Waals surface area (Å²) in [6, 6.07) is 16.8. The Morgan fingerprint density at radius 2 is 2.03 bits per heavy atom. The molecule has 1 saturated heterocycles. The van der Waals surface area contributed by atoms with Gasteiger partial charge in [0.15, 0.2) is 5.13 Å². The van der Waals surface area contributed by atoms with Crippen molar-refractivity contribution in [1.82, 2.24) is 9.97 Å². The number of carbonyl (C=O) groups excluding carboxylic acids is 2. The molecule has 7 nitrogen and oxygen atoms in total. The van der Waals surface area contributed by atoms with E-state index in [9.17, 15) is 14.0 Å². The number of hydrogen-bond donors (Lipinski definition) is 0. The van der Waals surface area contributed by atoms with Crippen LogP contribution in [0.3, 0.4) is 0 Å². The molecule has 1 aliphatic rings. The molecule has 0 N–H and O–H groups in total. The molecule has 0 aliphatic carbocycles. The lowest BCUT2D eigenvalue weighted by Crippen LogP contribution is -2.37. The van der Waals surface area contributed by atoms with Crippen molar-refractivity contribution in [2.24, 2.45) is 5.92 Å². The number of pyridine rings is 1. The number of benzene rings is 2. The Morgan fingerprint density at radius 1 is 1.21 bits per heavy atom. The van der Waals surface area contributed by atoms with Gasteiger partial charge < -0.3 is 9.64 Å². The Balaban J connectivity index is 1.46. The van der Waals surface area contributed by atoms with Crippen LogP contribution in [0.4, 0.5) is 15.2 Å². The van der Waals surface area contributed by atoms with Crippen LogP contribution in [0, 0.1) is 11.7 Å². The second-order valence-corrected chi connectivity index (χ2v) is 8.97. The van der Waals surface area contributed by atoms with Gasteiger partial charge in [-0.3, -0.25) is 19.5 Å². The molecule has 2 aromatic carbocycles. The molecule has 2 amide bonds. The number of fused-ring (bicyclic) bond motifs is 1. The predicted octanol–water partition coefficient (Wildman–Crippen LogP) is 4.43. The van der Waals surface area contributed by atoms with Gasteiger partial charge in [0.2, 0.25) is 11.8 Å². The minimum atomic E-state index is -0.553. The Morgan fingerprint density at radius 3 is 2.76 bits per heavy atom. The van der Waals surface area contributed by atoms with Gasteiger partial charge in [-0.2, -0.15) is 0 Å². The summed E-state index contributed by atoms with van der Waals surface area (Å²) in [4.78, 5) is 38.6. The monoisotopic (exact) mass is 476 g/mol. The van der Waals surface area contributed by atoms with Crippen LogP contribution in [-0.2, 0) is 16.1 Å². The molecule has 172 valence electrons. The third-order valence-corrected chi connectivity index (χ3v) is 6.78. The zero-order valence-electron chi connectivity index (χ0n) is 18.3. The van der Waals surface area contributed by atoms with Gasteiger partial charge in [-0.1, -0.05) is 17.4 Å². The highest BCUT2D eigenvalue weighted by Crippen LogP contribution is 2.34. The fourth-order valence-electron chi connectivity index (χ4n) is 3.99. The van der Waals surface area contributed by atoms with Crippen molar-refractivity contribution in [3.8, 4) is 5.75 Å². The third-order valence-electron chi connectivity index (χ3n) is 5.74. The zero-order chi connectivity index (χ0) is 23.7. The van der Waals surface area contributed by atoms with E-state index in [1.165, 1.54) is 28.4 Å². The van der Waals surface area contributed by atoms with Gasteiger partial charge in [0, 0.05) is 24.8 Å². The molecule has 0 spiro atoms. The maximum Gasteiger partial charge on any atom is 0.234 e. The number of methoxy groups -OCH3 is 1. The van der Waals surface area contributed by atoms with Crippen molar-refractivity contribution in [3.05, 3.63) is 78.4 Å². The summed E-state index contributed by atoms with van der Waals surface area (Å²) < 4.78 is 19.5. The first kappa shape index (κ1) is 22.0. The maximum atomic E-state index is 13.7. The first-order chi connectivity index (χ1) is 16.5. The standard InChI is InChI=1S/C25H21FN4O3S/c1-33-20-9-10-21-22(13-20)34-25(28-21)30(15-18-4-2-3-11-27-18)24(32)16-12-23(31)29(14-16)19-7-5-17(26)6-8-19/h2-11,13,16H,12,14-15H2,1H3. The molecular formula is C25H21FN4O3S. The summed E-state index contributed by atoms with van der Waals surface area (Å²) >= 11 is 1.39. The van der Waals surface area contributed by atoms with Crippen LogP contribution in [0.2, 0.25) is 0 Å². The van der Waals surface area contributed by atoms with Gasteiger partial charge in [0.25, 0.3) is 0 Å². The Kier molecular flexibility index (Phi) is 5.93. The van der Waals surface area contributed by atoms with E-state index in [2.05, 4.69) is 9.97 Å². The molecule has 0 saturated carbocycles. The van der Waals surface area contributed by atoms with Crippen LogP contribution < -0.4 is 14.5 Å². The smallest absolute Gasteiger partial charge is 0.234 e. The van der Waals surface area contributed by atoms with E-state index < -0.39 is 5.92 Å². The fourth-order valence-corrected chi connectivity index (χ4v) is 4.99. The minimum absolute atomic E-state index is 0.0770. The number of nitrogens with zero attached hydrogens (tertiary/aromatic N) is 4. The molecule has 4 aromatic rings. The largest absolute Gasteiger partial charge is 0.497 e. The van der Waals surface area contributed by atoms with Crippen molar-refractivity contribution in [1.29, 1.82) is 0 Å². The molecule has 3 heterocycles. The van der Waals surface area contributed by atoms with E-state index in [1.807, 2.05) is 36.4 Å². The molecule has 2 aromatic heterocycles. The van der Waals surface area contributed by atoms with Crippen LogP contribution in [0.5, 0.6) is 5.75 Å². The molecule has 0 bridgehead atoms. The predicted molar refractivity (Wildman–Crippen MR) is 128 cm³/mol. The Hall–Kier alpha value is -3.85. The fraction of sp³-hybridized carbons (Fsp3) is 0.200. The van der Waals surface area contributed by atoms with E-state index >= 15 is 0 Å². The van der Waals surface area contributed by atoms with E-state index in [0.717, 1.165) is 10.2 Å². The summed E-state index contributed by atoms with van der Waals surface area (Å²) in [7, 11) is 1.60. The Labute approximate surface area is 199 Å². The number of anilines is 2. The lowest BCUT2D eigenvalue weighted by atomic mass is 10.1. The van der Waals surface area contributed by atoms with Crippen molar-refractivity contribution in [3.63, 3.8) is 0 Å². The van der Waals surface area contributed by atoms with E-state index in [4.69, 9.17) is 4.74 Å². The van der Waals surface area contributed by atoms with Crippen molar-refractivity contribution >= 4 is 44.2 Å².